The molecule has 1 fully saturated rings. The standard InChI is InChI=1S/C22H28N2O2.ClH/c1-3-26-22(25)20-10-6-5-9-18(20)11-12-19-15-21(17(2)16-23-19)24-13-7-4-8-14-24;/h5-6,9-10,15-16H,3-4,7-8,11-14H2,1-2H3;1H. The number of piperidine rings is 1. The summed E-state index contributed by atoms with van der Waals surface area (Å²) in [4.78, 5) is 19.2. The third kappa shape index (κ3) is 5.46. The van der Waals surface area contributed by atoms with Gasteiger partial charge in [-0.3, -0.25) is 4.98 Å². The van der Waals surface area contributed by atoms with Gasteiger partial charge in [-0.25, -0.2) is 4.79 Å². The molecule has 0 radical (unpaired) electrons. The average molecular weight is 389 g/mol. The zero-order valence-electron chi connectivity index (χ0n) is 16.2. The Hall–Kier alpha value is -2.07. The first kappa shape index (κ1) is 21.2. The fourth-order valence-corrected chi connectivity index (χ4v) is 3.58. The average Bonchev–Trinajstić information content (AvgIpc) is 2.68. The maximum atomic E-state index is 12.1. The molecule has 1 aromatic carbocycles. The van der Waals surface area contributed by atoms with E-state index in [0.717, 1.165) is 37.2 Å². The van der Waals surface area contributed by atoms with Crippen molar-refractivity contribution in [3.63, 3.8) is 0 Å². The molecule has 0 amide bonds. The van der Waals surface area contributed by atoms with Gasteiger partial charge >= 0.3 is 5.97 Å². The van der Waals surface area contributed by atoms with E-state index in [1.807, 2.05) is 37.4 Å². The lowest BCUT2D eigenvalue weighted by Crippen LogP contribution is -2.30. The molecule has 1 aliphatic heterocycles. The monoisotopic (exact) mass is 388 g/mol. The number of pyridine rings is 1. The van der Waals surface area contributed by atoms with Crippen molar-refractivity contribution in [3.8, 4) is 0 Å². The zero-order chi connectivity index (χ0) is 18.4. The number of halogens is 1. The minimum absolute atomic E-state index is 0. The topological polar surface area (TPSA) is 42.4 Å². The van der Waals surface area contributed by atoms with Gasteiger partial charge in [0.15, 0.2) is 0 Å². The predicted octanol–water partition coefficient (Wildman–Crippen LogP) is 4.76. The lowest BCUT2D eigenvalue weighted by Gasteiger charge is -2.30. The molecule has 3 rings (SSSR count). The molecule has 0 N–H and O–H groups in total. The van der Waals surface area contributed by atoms with Crippen LogP contribution in [-0.4, -0.2) is 30.6 Å². The third-order valence-corrected chi connectivity index (χ3v) is 4.99. The van der Waals surface area contributed by atoms with Crippen molar-refractivity contribution in [1.29, 1.82) is 0 Å². The zero-order valence-corrected chi connectivity index (χ0v) is 17.1. The molecule has 0 aliphatic carbocycles. The van der Waals surface area contributed by atoms with Gasteiger partial charge in [-0.1, -0.05) is 18.2 Å². The molecule has 146 valence electrons. The Balaban J connectivity index is 0.00000261. The van der Waals surface area contributed by atoms with E-state index in [2.05, 4.69) is 22.9 Å². The largest absolute Gasteiger partial charge is 0.462 e. The third-order valence-electron chi connectivity index (χ3n) is 4.99. The van der Waals surface area contributed by atoms with Crippen molar-refractivity contribution in [2.45, 2.75) is 46.0 Å². The summed E-state index contributed by atoms with van der Waals surface area (Å²) < 4.78 is 5.17. The van der Waals surface area contributed by atoms with Gasteiger partial charge in [0, 0.05) is 30.7 Å². The van der Waals surface area contributed by atoms with E-state index < -0.39 is 0 Å². The summed E-state index contributed by atoms with van der Waals surface area (Å²) in [5.74, 6) is -0.242. The van der Waals surface area contributed by atoms with Crippen LogP contribution < -0.4 is 4.90 Å². The molecule has 0 bridgehead atoms. The summed E-state index contributed by atoms with van der Waals surface area (Å²) >= 11 is 0. The van der Waals surface area contributed by atoms with Crippen LogP contribution in [0.3, 0.4) is 0 Å². The molecular weight excluding hydrogens is 360 g/mol. The van der Waals surface area contributed by atoms with Gasteiger partial charge in [0.1, 0.15) is 0 Å². The van der Waals surface area contributed by atoms with E-state index in [4.69, 9.17) is 4.74 Å². The molecule has 0 atom stereocenters. The van der Waals surface area contributed by atoms with Crippen LogP contribution >= 0.6 is 12.4 Å². The number of aryl methyl sites for hydroxylation is 3. The number of carbonyl (C=O) groups excluding carboxylic acids is 1. The normalized spacial score (nSPS) is 13.8. The Labute approximate surface area is 168 Å². The highest BCUT2D eigenvalue weighted by Crippen LogP contribution is 2.24. The van der Waals surface area contributed by atoms with E-state index in [-0.39, 0.29) is 18.4 Å². The van der Waals surface area contributed by atoms with Crippen molar-refractivity contribution >= 4 is 24.1 Å². The van der Waals surface area contributed by atoms with E-state index >= 15 is 0 Å². The molecule has 27 heavy (non-hydrogen) atoms. The second-order valence-corrected chi connectivity index (χ2v) is 6.89. The number of anilines is 1. The molecular formula is C22H29ClN2O2. The SMILES string of the molecule is CCOC(=O)c1ccccc1CCc1cc(N2CCCCC2)c(C)cn1.Cl. The first-order valence-electron chi connectivity index (χ1n) is 9.64. The van der Waals surface area contributed by atoms with Gasteiger partial charge in [0.2, 0.25) is 0 Å². The molecule has 2 heterocycles. The second kappa shape index (κ2) is 10.3. The molecule has 2 aromatic rings. The van der Waals surface area contributed by atoms with Crippen molar-refractivity contribution in [3.05, 3.63) is 58.9 Å². The Morgan fingerprint density at radius 1 is 1.15 bits per heavy atom. The van der Waals surface area contributed by atoms with E-state index in [9.17, 15) is 4.79 Å². The summed E-state index contributed by atoms with van der Waals surface area (Å²) in [5, 5.41) is 0. The molecule has 0 unspecified atom stereocenters. The van der Waals surface area contributed by atoms with Crippen LogP contribution in [0.2, 0.25) is 0 Å². The number of nitrogens with zero attached hydrogens (tertiary/aromatic N) is 2. The van der Waals surface area contributed by atoms with Crippen LogP contribution in [0.5, 0.6) is 0 Å². The molecule has 0 spiro atoms. The maximum absolute atomic E-state index is 12.1. The van der Waals surface area contributed by atoms with Crippen LogP contribution in [0.1, 0.15) is 53.4 Å². The van der Waals surface area contributed by atoms with E-state index in [0.29, 0.717) is 12.2 Å². The van der Waals surface area contributed by atoms with Crippen LogP contribution in [0.15, 0.2) is 36.5 Å². The molecule has 1 aliphatic rings. The molecule has 1 aromatic heterocycles. The Kier molecular flexibility index (Phi) is 8.11. The fourth-order valence-electron chi connectivity index (χ4n) is 3.58. The summed E-state index contributed by atoms with van der Waals surface area (Å²) in [5.41, 5.74) is 5.32. The minimum atomic E-state index is -0.242. The van der Waals surface area contributed by atoms with Crippen molar-refractivity contribution in [1.82, 2.24) is 4.98 Å². The maximum Gasteiger partial charge on any atom is 0.338 e. The Bertz CT molecular complexity index is 758. The number of esters is 1. The van der Waals surface area contributed by atoms with Gasteiger partial charge in [0.25, 0.3) is 0 Å². The van der Waals surface area contributed by atoms with Crippen LogP contribution in [0.4, 0.5) is 5.69 Å². The fraction of sp³-hybridized carbons (Fsp3) is 0.455. The summed E-state index contributed by atoms with van der Waals surface area (Å²) in [6, 6.07) is 9.93. The molecule has 0 saturated carbocycles. The number of ether oxygens (including phenoxy) is 1. The van der Waals surface area contributed by atoms with E-state index in [1.54, 1.807) is 0 Å². The van der Waals surface area contributed by atoms with Crippen molar-refractivity contribution < 1.29 is 9.53 Å². The second-order valence-electron chi connectivity index (χ2n) is 6.89. The Morgan fingerprint density at radius 2 is 1.89 bits per heavy atom. The first-order valence-corrected chi connectivity index (χ1v) is 9.64. The van der Waals surface area contributed by atoms with Crippen LogP contribution in [0.25, 0.3) is 0 Å². The number of aromatic nitrogens is 1. The highest BCUT2D eigenvalue weighted by Gasteiger charge is 2.15. The van der Waals surface area contributed by atoms with Crippen LogP contribution in [-0.2, 0) is 17.6 Å². The smallest absolute Gasteiger partial charge is 0.338 e. The highest BCUT2D eigenvalue weighted by molar-refractivity contribution is 5.91. The van der Waals surface area contributed by atoms with Gasteiger partial charge in [-0.15, -0.1) is 12.4 Å². The van der Waals surface area contributed by atoms with Crippen molar-refractivity contribution in [2.24, 2.45) is 0 Å². The van der Waals surface area contributed by atoms with Gasteiger partial charge < -0.3 is 9.64 Å². The summed E-state index contributed by atoms with van der Waals surface area (Å²) in [6.07, 6.45) is 7.45. The van der Waals surface area contributed by atoms with Gasteiger partial charge in [-0.05, 0) is 69.2 Å². The number of rotatable bonds is 6. The number of hydrogen-bond acceptors (Lipinski definition) is 4. The summed E-state index contributed by atoms with van der Waals surface area (Å²) in [7, 11) is 0. The predicted molar refractivity (Wildman–Crippen MR) is 112 cm³/mol. The molecule has 4 nitrogen and oxygen atoms in total. The van der Waals surface area contributed by atoms with E-state index in [1.165, 1.54) is 30.5 Å². The number of benzene rings is 1. The quantitative estimate of drug-likeness (QED) is 0.669. The van der Waals surface area contributed by atoms with Gasteiger partial charge in [-0.2, -0.15) is 0 Å². The molecule has 1 saturated heterocycles. The highest BCUT2D eigenvalue weighted by atomic mass is 35.5. The first-order chi connectivity index (χ1) is 12.7. The lowest BCUT2D eigenvalue weighted by molar-refractivity contribution is 0.0525. The van der Waals surface area contributed by atoms with Crippen molar-refractivity contribution in [2.75, 3.05) is 24.6 Å². The Morgan fingerprint density at radius 3 is 2.63 bits per heavy atom. The number of hydrogen-bond donors (Lipinski definition) is 0. The van der Waals surface area contributed by atoms with Crippen LogP contribution in [0, 0.1) is 6.92 Å². The lowest BCUT2D eigenvalue weighted by atomic mass is 10.0. The summed E-state index contributed by atoms with van der Waals surface area (Å²) in [6.45, 7) is 6.63. The number of carbonyl (C=O) groups is 1. The minimum Gasteiger partial charge on any atom is -0.462 e. The molecule has 5 heteroatoms. The van der Waals surface area contributed by atoms with Gasteiger partial charge in [0.05, 0.1) is 12.2 Å².